The van der Waals surface area contributed by atoms with Crippen LogP contribution >= 0.6 is 0 Å². The third kappa shape index (κ3) is 6.79. The van der Waals surface area contributed by atoms with E-state index in [-0.39, 0.29) is 17.8 Å². The van der Waals surface area contributed by atoms with Gasteiger partial charge in [-0.15, -0.1) is 0 Å². The van der Waals surface area contributed by atoms with Gasteiger partial charge >= 0.3 is 6.18 Å². The first kappa shape index (κ1) is 24.3. The van der Waals surface area contributed by atoms with Crippen molar-refractivity contribution in [2.75, 3.05) is 11.9 Å². The molecule has 5 nitrogen and oxygen atoms in total. The van der Waals surface area contributed by atoms with Crippen molar-refractivity contribution in [3.63, 3.8) is 0 Å². The Bertz CT molecular complexity index is 1100. The van der Waals surface area contributed by atoms with Gasteiger partial charge in [-0.2, -0.15) is 13.2 Å². The molecular weight excluding hydrogens is 433 g/mol. The Balaban J connectivity index is 1.67. The van der Waals surface area contributed by atoms with E-state index in [4.69, 9.17) is 9.47 Å². The second-order valence-electron chi connectivity index (χ2n) is 7.51. The number of rotatable bonds is 8. The Morgan fingerprint density at radius 1 is 1.06 bits per heavy atom. The van der Waals surface area contributed by atoms with E-state index in [2.05, 4.69) is 10.3 Å². The van der Waals surface area contributed by atoms with Crippen LogP contribution in [0.2, 0.25) is 0 Å². The number of nitrogens with one attached hydrogen (secondary N) is 1. The summed E-state index contributed by atoms with van der Waals surface area (Å²) in [6.07, 6.45) is -3.72. The average Bonchev–Trinajstić information content (AvgIpc) is 2.74. The van der Waals surface area contributed by atoms with Crippen LogP contribution in [0, 0.1) is 6.92 Å². The summed E-state index contributed by atoms with van der Waals surface area (Å²) < 4.78 is 49.3. The Kier molecular flexibility index (Phi) is 7.71. The van der Waals surface area contributed by atoms with E-state index in [9.17, 15) is 18.0 Å². The number of hydrogen-bond acceptors (Lipinski definition) is 4. The molecule has 1 heterocycles. The van der Waals surface area contributed by atoms with E-state index in [1.54, 1.807) is 37.3 Å². The van der Waals surface area contributed by atoms with Gasteiger partial charge in [0.25, 0.3) is 5.91 Å². The fourth-order valence-corrected chi connectivity index (χ4v) is 3.29. The van der Waals surface area contributed by atoms with Crippen molar-refractivity contribution >= 4 is 11.6 Å². The number of carbonyl (C=O) groups is 1. The summed E-state index contributed by atoms with van der Waals surface area (Å²) in [5, 5.41) is 2.80. The van der Waals surface area contributed by atoms with Gasteiger partial charge < -0.3 is 14.8 Å². The number of pyridine rings is 1. The maximum atomic E-state index is 12.7. The highest BCUT2D eigenvalue weighted by molar-refractivity contribution is 6.05. The van der Waals surface area contributed by atoms with Gasteiger partial charge in [0.15, 0.2) is 0 Å². The lowest BCUT2D eigenvalue weighted by atomic mass is 10.1. The van der Waals surface area contributed by atoms with E-state index < -0.39 is 11.7 Å². The van der Waals surface area contributed by atoms with Crippen LogP contribution in [0.3, 0.4) is 0 Å². The van der Waals surface area contributed by atoms with Gasteiger partial charge in [0, 0.05) is 30.5 Å². The Morgan fingerprint density at radius 2 is 1.79 bits per heavy atom. The van der Waals surface area contributed by atoms with E-state index in [1.165, 1.54) is 12.1 Å². The van der Waals surface area contributed by atoms with Crippen LogP contribution in [-0.2, 0) is 17.3 Å². The molecule has 1 unspecified atom stereocenters. The van der Waals surface area contributed by atoms with Crippen molar-refractivity contribution in [1.82, 2.24) is 4.98 Å². The van der Waals surface area contributed by atoms with Crippen LogP contribution in [0.5, 0.6) is 11.5 Å². The summed E-state index contributed by atoms with van der Waals surface area (Å²) in [5.74, 6) is 0.308. The van der Waals surface area contributed by atoms with Gasteiger partial charge in [0.1, 0.15) is 11.5 Å². The van der Waals surface area contributed by atoms with Crippen LogP contribution in [0.4, 0.5) is 18.9 Å². The number of alkyl halides is 3. The molecule has 0 aliphatic rings. The molecule has 0 aliphatic carbocycles. The quantitative estimate of drug-likeness (QED) is 0.423. The molecule has 1 N–H and O–H groups in total. The first-order valence-corrected chi connectivity index (χ1v) is 10.5. The summed E-state index contributed by atoms with van der Waals surface area (Å²) in [5.41, 5.74) is 1.62. The number of carbonyl (C=O) groups excluding carboxylic acids is 1. The maximum absolute atomic E-state index is 12.7. The number of ether oxygens (including phenoxy) is 2. The summed E-state index contributed by atoms with van der Waals surface area (Å²) in [6, 6.07) is 14.6. The van der Waals surface area contributed by atoms with Crippen LogP contribution in [0.1, 0.15) is 41.2 Å². The largest absolute Gasteiger partial charge is 0.457 e. The number of anilines is 1. The van der Waals surface area contributed by atoms with Crippen molar-refractivity contribution in [2.45, 2.75) is 39.5 Å². The summed E-state index contributed by atoms with van der Waals surface area (Å²) in [7, 11) is 0. The zero-order valence-electron chi connectivity index (χ0n) is 18.6. The number of hydrogen-bond donors (Lipinski definition) is 1. The van der Waals surface area contributed by atoms with E-state index >= 15 is 0 Å². The molecule has 1 atom stereocenters. The lowest BCUT2D eigenvalue weighted by molar-refractivity contribution is -0.137. The van der Waals surface area contributed by atoms with Crippen LogP contribution < -0.4 is 10.1 Å². The highest BCUT2D eigenvalue weighted by atomic mass is 19.4. The van der Waals surface area contributed by atoms with E-state index in [0.29, 0.717) is 35.7 Å². The molecule has 0 radical (unpaired) electrons. The molecule has 8 heteroatoms. The van der Waals surface area contributed by atoms with Crippen molar-refractivity contribution in [1.29, 1.82) is 0 Å². The van der Waals surface area contributed by atoms with Gasteiger partial charge in [-0.25, -0.2) is 0 Å². The lowest BCUT2D eigenvalue weighted by Gasteiger charge is -2.13. The smallest absolute Gasteiger partial charge is 0.416 e. The molecule has 3 rings (SSSR count). The summed E-state index contributed by atoms with van der Waals surface area (Å²) in [6.45, 7) is 6.31. The molecule has 0 aliphatic heterocycles. The van der Waals surface area contributed by atoms with Crippen molar-refractivity contribution < 1.29 is 27.4 Å². The SMILES string of the molecule is CCOC(C)Cc1ccc(C(=O)Nc2cccc(Oc3ccc(C(F)(F)F)cc3)c2)c(C)n1. The molecule has 1 aromatic heterocycles. The van der Waals surface area contributed by atoms with Crippen LogP contribution in [0.25, 0.3) is 0 Å². The molecule has 3 aromatic rings. The van der Waals surface area contributed by atoms with Crippen LogP contribution in [-0.4, -0.2) is 23.6 Å². The highest BCUT2D eigenvalue weighted by Crippen LogP contribution is 2.31. The van der Waals surface area contributed by atoms with Crippen molar-refractivity contribution in [3.8, 4) is 11.5 Å². The molecular formula is C25H25F3N2O3. The van der Waals surface area contributed by atoms with Crippen LogP contribution in [0.15, 0.2) is 60.7 Å². The fraction of sp³-hybridized carbons (Fsp3) is 0.280. The zero-order chi connectivity index (χ0) is 24.0. The third-order valence-corrected chi connectivity index (χ3v) is 4.85. The monoisotopic (exact) mass is 458 g/mol. The summed E-state index contributed by atoms with van der Waals surface area (Å²) >= 11 is 0. The predicted octanol–water partition coefficient (Wildman–Crippen LogP) is 6.42. The van der Waals surface area contributed by atoms with Crippen molar-refractivity contribution in [3.05, 3.63) is 83.2 Å². The Hall–Kier alpha value is -3.39. The fourth-order valence-electron chi connectivity index (χ4n) is 3.29. The first-order valence-electron chi connectivity index (χ1n) is 10.5. The van der Waals surface area contributed by atoms with Gasteiger partial charge in [-0.05, 0) is 69.3 Å². The molecule has 0 fully saturated rings. The molecule has 33 heavy (non-hydrogen) atoms. The Morgan fingerprint density at radius 3 is 2.42 bits per heavy atom. The minimum absolute atomic E-state index is 0.0361. The minimum Gasteiger partial charge on any atom is -0.457 e. The number of nitrogens with zero attached hydrogens (tertiary/aromatic N) is 1. The topological polar surface area (TPSA) is 60.5 Å². The molecule has 0 bridgehead atoms. The standard InChI is InChI=1S/C25H25F3N2O3/c1-4-32-16(2)14-20-10-13-23(17(3)29-20)24(31)30-19-6-5-7-22(15-19)33-21-11-8-18(9-12-21)25(26,27)28/h5-13,15-16H,4,14H2,1-3H3,(H,30,31). The predicted molar refractivity (Wildman–Crippen MR) is 120 cm³/mol. The van der Waals surface area contributed by atoms with Gasteiger partial charge in [-0.1, -0.05) is 6.07 Å². The van der Waals surface area contributed by atoms with Gasteiger partial charge in [-0.3, -0.25) is 9.78 Å². The molecule has 2 aromatic carbocycles. The first-order chi connectivity index (χ1) is 15.7. The third-order valence-electron chi connectivity index (χ3n) is 4.85. The van der Waals surface area contributed by atoms with Gasteiger partial charge in [0.2, 0.25) is 0 Å². The lowest BCUT2D eigenvalue weighted by Crippen LogP contribution is -2.16. The molecule has 0 saturated heterocycles. The number of benzene rings is 2. The second-order valence-corrected chi connectivity index (χ2v) is 7.51. The van der Waals surface area contributed by atoms with E-state index in [0.717, 1.165) is 17.8 Å². The molecule has 0 spiro atoms. The minimum atomic E-state index is -4.41. The van der Waals surface area contributed by atoms with E-state index in [1.807, 2.05) is 19.9 Å². The molecule has 174 valence electrons. The highest BCUT2D eigenvalue weighted by Gasteiger charge is 2.30. The maximum Gasteiger partial charge on any atom is 0.416 e. The molecule has 1 amide bonds. The normalized spacial score (nSPS) is 12.3. The number of halogens is 3. The van der Waals surface area contributed by atoms with Crippen molar-refractivity contribution in [2.24, 2.45) is 0 Å². The zero-order valence-corrected chi connectivity index (χ0v) is 18.6. The second kappa shape index (κ2) is 10.5. The van der Waals surface area contributed by atoms with Gasteiger partial charge in [0.05, 0.1) is 22.9 Å². The molecule has 0 saturated carbocycles. The number of amides is 1. The number of aromatic nitrogens is 1. The summed E-state index contributed by atoms with van der Waals surface area (Å²) in [4.78, 5) is 17.3. The number of aryl methyl sites for hydroxylation is 1. The average molecular weight is 458 g/mol. The Labute approximate surface area is 190 Å².